The van der Waals surface area contributed by atoms with Crippen LogP contribution in [0.1, 0.15) is 46.0 Å². The zero-order valence-electron chi connectivity index (χ0n) is 12.1. The van der Waals surface area contributed by atoms with Gasteiger partial charge < -0.3 is 9.47 Å². The van der Waals surface area contributed by atoms with Crippen molar-refractivity contribution in [1.82, 2.24) is 0 Å². The number of carbonyl (C=O) groups is 2. The number of rotatable bonds is 2. The van der Waals surface area contributed by atoms with E-state index in [0.29, 0.717) is 0 Å². The highest BCUT2D eigenvalue weighted by molar-refractivity contribution is 5.96. The standard InChI is InChI=1S/C16H22O4/c1-10-13-8-9-16(20-13,11(2)14(10)17)15(18)19-12-6-4-3-5-7-12/h8-13H,3-7H2,1-2H3/t10-,11-,13+,16-/m1/s1. The SMILES string of the molecule is C[C@@H]1C(=O)[C@H](C)[C@@H]2C=C[C@@]1(C(=O)OC1CCCCC1)O2. The fourth-order valence-corrected chi connectivity index (χ4v) is 3.54. The number of ketones is 1. The summed E-state index contributed by atoms with van der Waals surface area (Å²) in [7, 11) is 0. The number of hydrogen-bond donors (Lipinski definition) is 0. The van der Waals surface area contributed by atoms with Crippen LogP contribution in [-0.2, 0) is 19.1 Å². The number of hydrogen-bond acceptors (Lipinski definition) is 4. The van der Waals surface area contributed by atoms with Crippen molar-refractivity contribution in [3.63, 3.8) is 0 Å². The minimum Gasteiger partial charge on any atom is -0.460 e. The van der Waals surface area contributed by atoms with Crippen LogP contribution in [0.2, 0.25) is 0 Å². The van der Waals surface area contributed by atoms with E-state index in [-0.39, 0.29) is 29.9 Å². The molecule has 3 aliphatic rings. The molecule has 4 heteroatoms. The van der Waals surface area contributed by atoms with E-state index < -0.39 is 11.5 Å². The van der Waals surface area contributed by atoms with E-state index in [1.807, 2.05) is 13.0 Å². The lowest BCUT2D eigenvalue weighted by atomic mass is 9.79. The lowest BCUT2D eigenvalue weighted by Gasteiger charge is -2.39. The number of esters is 1. The normalized spacial score (nSPS) is 40.9. The van der Waals surface area contributed by atoms with E-state index in [1.54, 1.807) is 13.0 Å². The Balaban J connectivity index is 1.76. The number of fused-ring (bicyclic) bond motifs is 2. The van der Waals surface area contributed by atoms with Crippen LogP contribution in [-0.4, -0.2) is 29.6 Å². The van der Waals surface area contributed by atoms with Crippen LogP contribution in [0.15, 0.2) is 12.2 Å². The fraction of sp³-hybridized carbons (Fsp3) is 0.750. The molecular formula is C16H22O4. The molecule has 2 fully saturated rings. The van der Waals surface area contributed by atoms with Gasteiger partial charge in [-0.25, -0.2) is 4.79 Å². The van der Waals surface area contributed by atoms with Gasteiger partial charge in [0.25, 0.3) is 0 Å². The van der Waals surface area contributed by atoms with Crippen molar-refractivity contribution in [1.29, 1.82) is 0 Å². The van der Waals surface area contributed by atoms with Crippen LogP contribution in [0.4, 0.5) is 0 Å². The number of ether oxygens (including phenoxy) is 2. The molecule has 4 atom stereocenters. The van der Waals surface area contributed by atoms with Gasteiger partial charge in [-0.1, -0.05) is 26.3 Å². The van der Waals surface area contributed by atoms with Crippen LogP contribution in [0, 0.1) is 11.8 Å². The van der Waals surface area contributed by atoms with E-state index in [9.17, 15) is 9.59 Å². The zero-order valence-corrected chi connectivity index (χ0v) is 12.1. The quantitative estimate of drug-likeness (QED) is 0.575. The van der Waals surface area contributed by atoms with Crippen LogP contribution >= 0.6 is 0 Å². The van der Waals surface area contributed by atoms with Gasteiger partial charge in [-0.15, -0.1) is 0 Å². The van der Waals surface area contributed by atoms with Crippen molar-refractivity contribution in [2.75, 3.05) is 0 Å². The van der Waals surface area contributed by atoms with Crippen molar-refractivity contribution in [3.05, 3.63) is 12.2 Å². The summed E-state index contributed by atoms with van der Waals surface area (Å²) < 4.78 is 11.5. The summed E-state index contributed by atoms with van der Waals surface area (Å²) >= 11 is 0. The largest absolute Gasteiger partial charge is 0.460 e. The molecule has 0 radical (unpaired) electrons. The monoisotopic (exact) mass is 278 g/mol. The summed E-state index contributed by atoms with van der Waals surface area (Å²) in [4.78, 5) is 24.8. The first-order valence-corrected chi connectivity index (χ1v) is 7.66. The highest BCUT2D eigenvalue weighted by atomic mass is 16.6. The summed E-state index contributed by atoms with van der Waals surface area (Å²) in [5.41, 5.74) is -1.17. The van der Waals surface area contributed by atoms with Gasteiger partial charge in [0.05, 0.1) is 12.0 Å². The molecule has 0 aromatic heterocycles. The summed E-state index contributed by atoms with van der Waals surface area (Å²) in [6, 6.07) is 0. The van der Waals surface area contributed by atoms with Crippen LogP contribution in [0.25, 0.3) is 0 Å². The molecule has 20 heavy (non-hydrogen) atoms. The molecular weight excluding hydrogens is 256 g/mol. The van der Waals surface area contributed by atoms with Crippen molar-refractivity contribution in [2.24, 2.45) is 11.8 Å². The van der Waals surface area contributed by atoms with Crippen LogP contribution in [0.3, 0.4) is 0 Å². The predicted octanol–water partition coefficient (Wildman–Crippen LogP) is 2.41. The molecule has 0 aromatic carbocycles. The third kappa shape index (κ3) is 2.01. The van der Waals surface area contributed by atoms with Crippen molar-refractivity contribution in [2.45, 2.75) is 63.8 Å². The van der Waals surface area contributed by atoms with E-state index in [4.69, 9.17) is 9.47 Å². The Labute approximate surface area is 119 Å². The molecule has 2 heterocycles. The third-order valence-corrected chi connectivity index (χ3v) is 5.02. The number of carbonyl (C=O) groups excluding carboxylic acids is 2. The maximum Gasteiger partial charge on any atom is 0.343 e. The van der Waals surface area contributed by atoms with Gasteiger partial charge in [-0.2, -0.15) is 0 Å². The van der Waals surface area contributed by atoms with E-state index in [0.717, 1.165) is 25.7 Å². The first-order valence-electron chi connectivity index (χ1n) is 7.66. The Morgan fingerprint density at radius 3 is 2.70 bits per heavy atom. The first kappa shape index (κ1) is 13.8. The van der Waals surface area contributed by atoms with Gasteiger partial charge in [0.15, 0.2) is 5.60 Å². The van der Waals surface area contributed by atoms with Gasteiger partial charge in [0, 0.05) is 5.92 Å². The smallest absolute Gasteiger partial charge is 0.343 e. The fourth-order valence-electron chi connectivity index (χ4n) is 3.54. The second-order valence-corrected chi connectivity index (χ2v) is 6.31. The van der Waals surface area contributed by atoms with Gasteiger partial charge in [0.1, 0.15) is 11.9 Å². The molecule has 0 spiro atoms. The van der Waals surface area contributed by atoms with Crippen molar-refractivity contribution < 1.29 is 19.1 Å². The molecule has 0 N–H and O–H groups in total. The first-order chi connectivity index (χ1) is 9.54. The average molecular weight is 278 g/mol. The Morgan fingerprint density at radius 2 is 2.00 bits per heavy atom. The highest BCUT2D eigenvalue weighted by Gasteiger charge is 2.57. The summed E-state index contributed by atoms with van der Waals surface area (Å²) in [6.45, 7) is 3.63. The van der Waals surface area contributed by atoms with Crippen LogP contribution in [0.5, 0.6) is 0 Å². The van der Waals surface area contributed by atoms with Crippen molar-refractivity contribution >= 4 is 11.8 Å². The minimum absolute atomic E-state index is 0.0108. The zero-order chi connectivity index (χ0) is 14.3. The lowest BCUT2D eigenvalue weighted by molar-refractivity contribution is -0.192. The highest BCUT2D eigenvalue weighted by Crippen LogP contribution is 2.42. The maximum atomic E-state index is 12.6. The second-order valence-electron chi connectivity index (χ2n) is 6.31. The lowest BCUT2D eigenvalue weighted by Crippen LogP contribution is -2.55. The Morgan fingerprint density at radius 1 is 1.30 bits per heavy atom. The Bertz CT molecular complexity index is 449. The molecule has 1 saturated carbocycles. The molecule has 0 aromatic rings. The Hall–Kier alpha value is -1.16. The number of Topliss-reactive ketones (excluding diaryl/α,β-unsaturated/α-hetero) is 1. The molecule has 0 amide bonds. The van der Waals surface area contributed by atoms with Gasteiger partial charge in [-0.3, -0.25) is 4.79 Å². The second kappa shape index (κ2) is 4.99. The topological polar surface area (TPSA) is 52.6 Å². The van der Waals surface area contributed by atoms with Crippen molar-refractivity contribution in [3.8, 4) is 0 Å². The summed E-state index contributed by atoms with van der Waals surface area (Å²) in [5.74, 6) is -0.939. The molecule has 110 valence electrons. The molecule has 2 aliphatic heterocycles. The molecule has 2 bridgehead atoms. The molecule has 3 rings (SSSR count). The third-order valence-electron chi connectivity index (χ3n) is 5.02. The van der Waals surface area contributed by atoms with E-state index in [1.165, 1.54) is 6.42 Å². The molecule has 1 aliphatic carbocycles. The summed E-state index contributed by atoms with van der Waals surface area (Å²) in [6.07, 6.45) is 8.57. The van der Waals surface area contributed by atoms with E-state index >= 15 is 0 Å². The molecule has 0 unspecified atom stereocenters. The average Bonchev–Trinajstić information content (AvgIpc) is 2.88. The van der Waals surface area contributed by atoms with E-state index in [2.05, 4.69) is 0 Å². The maximum absolute atomic E-state index is 12.6. The molecule has 4 nitrogen and oxygen atoms in total. The summed E-state index contributed by atoms with van der Waals surface area (Å²) in [5, 5.41) is 0. The minimum atomic E-state index is -1.17. The van der Waals surface area contributed by atoms with Gasteiger partial charge >= 0.3 is 5.97 Å². The van der Waals surface area contributed by atoms with Gasteiger partial charge in [-0.05, 0) is 31.8 Å². The Kier molecular flexibility index (Phi) is 3.44. The van der Waals surface area contributed by atoms with Crippen LogP contribution < -0.4 is 0 Å². The predicted molar refractivity (Wildman–Crippen MR) is 73.0 cm³/mol. The molecule has 1 saturated heterocycles. The van der Waals surface area contributed by atoms with Gasteiger partial charge in [0.2, 0.25) is 0 Å².